The fraction of sp³-hybridized carbons (Fsp3) is 0.0517. The van der Waals surface area contributed by atoms with Gasteiger partial charge in [0.1, 0.15) is 11.2 Å². The van der Waals surface area contributed by atoms with Crippen LogP contribution in [0, 0.1) is 0 Å². The number of hydrogen-bond donors (Lipinski definition) is 0. The summed E-state index contributed by atoms with van der Waals surface area (Å²) in [5.74, 6) is 1.95. The predicted molar refractivity (Wildman–Crippen MR) is 261 cm³/mol. The first-order valence-corrected chi connectivity index (χ1v) is 22.4. The van der Waals surface area contributed by atoms with Crippen LogP contribution in [0.25, 0.3) is 109 Å². The number of nitrogens with zero attached hydrogens (tertiary/aromatic N) is 3. The lowest BCUT2D eigenvalue weighted by Gasteiger charge is -2.20. The van der Waals surface area contributed by atoms with Crippen LogP contribution in [0.15, 0.2) is 199 Å². The Morgan fingerprint density at radius 2 is 1.11 bits per heavy atom. The molecule has 4 nitrogen and oxygen atoms in total. The van der Waals surface area contributed by atoms with Gasteiger partial charge in [-0.05, 0) is 99.0 Å². The fourth-order valence-corrected chi connectivity index (χ4v) is 11.2. The van der Waals surface area contributed by atoms with E-state index in [2.05, 4.69) is 188 Å². The molecule has 1 aliphatic rings. The van der Waals surface area contributed by atoms with Gasteiger partial charge in [0.05, 0.1) is 5.56 Å². The molecule has 1 atom stereocenters. The van der Waals surface area contributed by atoms with E-state index in [1.54, 1.807) is 11.3 Å². The minimum absolute atomic E-state index is 0.130. The molecule has 0 spiro atoms. The maximum atomic E-state index is 6.98. The standard InChI is InChI=1S/C58H37N3OS/c1-2-14-35(15-3-1)36-18-12-19-40(33-36)56-59-57(61-58(60-56)49-25-13-24-46-44-22-9-11-27-52(44)63-55(46)49)48-31-30-45(53-47-23-8-10-26-51(47)62-54(48)53)43-29-28-39-32-37-16-4-5-17-38(37)34-50(39)42-21-7-6-20-41(42)43/h1-27,30-34,43H,28-29H2. The second-order valence-corrected chi connectivity index (χ2v) is 17.6. The molecular weight excluding hydrogens is 787 g/mol. The highest BCUT2D eigenvalue weighted by Gasteiger charge is 2.29. The van der Waals surface area contributed by atoms with Gasteiger partial charge in [-0.2, -0.15) is 0 Å². The number of aromatic nitrogens is 3. The molecule has 63 heavy (non-hydrogen) atoms. The summed E-state index contributed by atoms with van der Waals surface area (Å²) in [5, 5.41) is 7.19. The van der Waals surface area contributed by atoms with Crippen molar-refractivity contribution < 1.29 is 4.42 Å². The van der Waals surface area contributed by atoms with E-state index in [4.69, 9.17) is 19.4 Å². The number of para-hydroxylation sites is 1. The summed E-state index contributed by atoms with van der Waals surface area (Å²) >= 11 is 1.78. The summed E-state index contributed by atoms with van der Waals surface area (Å²) in [5.41, 5.74) is 13.2. The summed E-state index contributed by atoms with van der Waals surface area (Å²) in [6.07, 6.45) is 1.93. The number of fused-ring (bicyclic) bond motifs is 10. The van der Waals surface area contributed by atoms with Gasteiger partial charge in [0, 0.05) is 48.0 Å². The smallest absolute Gasteiger partial charge is 0.167 e. The highest BCUT2D eigenvalue weighted by atomic mass is 32.1. The van der Waals surface area contributed by atoms with Gasteiger partial charge in [0.25, 0.3) is 0 Å². The van der Waals surface area contributed by atoms with Crippen LogP contribution < -0.4 is 0 Å². The van der Waals surface area contributed by atoms with Gasteiger partial charge in [-0.15, -0.1) is 11.3 Å². The molecule has 1 unspecified atom stereocenters. The van der Waals surface area contributed by atoms with Gasteiger partial charge >= 0.3 is 0 Å². The lowest BCUT2D eigenvalue weighted by Crippen LogP contribution is -2.04. The van der Waals surface area contributed by atoms with Crippen molar-refractivity contribution in [2.45, 2.75) is 18.8 Å². The van der Waals surface area contributed by atoms with Crippen LogP contribution in [0.4, 0.5) is 0 Å². The molecule has 3 aromatic heterocycles. The molecule has 0 saturated heterocycles. The number of furan rings is 1. The number of hydrogen-bond acceptors (Lipinski definition) is 5. The second-order valence-electron chi connectivity index (χ2n) is 16.6. The highest BCUT2D eigenvalue weighted by molar-refractivity contribution is 7.26. The van der Waals surface area contributed by atoms with Crippen LogP contribution in [0.2, 0.25) is 0 Å². The molecule has 3 heterocycles. The van der Waals surface area contributed by atoms with Crippen LogP contribution in [0.3, 0.4) is 0 Å². The summed E-state index contributed by atoms with van der Waals surface area (Å²) in [6, 6.07) is 69.5. The number of benzene rings is 9. The van der Waals surface area contributed by atoms with Gasteiger partial charge < -0.3 is 4.42 Å². The Morgan fingerprint density at radius 1 is 0.444 bits per heavy atom. The number of aryl methyl sites for hydroxylation is 1. The Kier molecular flexibility index (Phi) is 8.25. The Bertz CT molecular complexity index is 3770. The first kappa shape index (κ1) is 36.0. The third-order valence-electron chi connectivity index (χ3n) is 13.0. The van der Waals surface area contributed by atoms with E-state index in [-0.39, 0.29) is 5.92 Å². The van der Waals surface area contributed by atoms with Gasteiger partial charge in [-0.25, -0.2) is 15.0 Å². The second kappa shape index (κ2) is 14.4. The predicted octanol–water partition coefficient (Wildman–Crippen LogP) is 15.7. The third kappa shape index (κ3) is 5.92. The molecule has 0 fully saturated rings. The quantitative estimate of drug-likeness (QED) is 0.173. The summed E-state index contributed by atoms with van der Waals surface area (Å²) in [7, 11) is 0. The SMILES string of the molecule is c1ccc(-c2cccc(-c3nc(-c4ccc(C5CCc6cc7ccccc7cc6-c6ccccc65)c5c4oc4ccccc45)nc(-c4cccc5c4sc4ccccc45)n3)c2)cc1. The van der Waals surface area contributed by atoms with Crippen LogP contribution in [0.5, 0.6) is 0 Å². The molecule has 0 N–H and O–H groups in total. The van der Waals surface area contributed by atoms with Crippen molar-refractivity contribution in [2.24, 2.45) is 0 Å². The molecule has 0 amide bonds. The van der Waals surface area contributed by atoms with Crippen molar-refractivity contribution in [3.63, 3.8) is 0 Å². The summed E-state index contributed by atoms with van der Waals surface area (Å²) in [4.78, 5) is 16.0. The Morgan fingerprint density at radius 3 is 2.02 bits per heavy atom. The van der Waals surface area contributed by atoms with Crippen molar-refractivity contribution in [1.82, 2.24) is 15.0 Å². The zero-order valence-electron chi connectivity index (χ0n) is 34.1. The molecule has 1 aliphatic carbocycles. The molecule has 296 valence electrons. The highest BCUT2D eigenvalue weighted by Crippen LogP contribution is 2.48. The topological polar surface area (TPSA) is 51.8 Å². The molecule has 0 radical (unpaired) electrons. The maximum Gasteiger partial charge on any atom is 0.167 e. The molecular formula is C58H37N3OS. The molecule has 0 aliphatic heterocycles. The molecule has 9 aromatic carbocycles. The first-order valence-electron chi connectivity index (χ1n) is 21.6. The minimum atomic E-state index is 0.130. The van der Waals surface area contributed by atoms with E-state index < -0.39 is 0 Å². The normalized spacial score (nSPS) is 13.7. The Hall–Kier alpha value is -7.73. The average Bonchev–Trinajstić information content (AvgIpc) is 3.89. The van der Waals surface area contributed by atoms with Crippen LogP contribution in [0.1, 0.15) is 29.0 Å². The van der Waals surface area contributed by atoms with E-state index in [0.29, 0.717) is 17.5 Å². The van der Waals surface area contributed by atoms with Gasteiger partial charge in [0.2, 0.25) is 0 Å². The summed E-state index contributed by atoms with van der Waals surface area (Å²) in [6.45, 7) is 0. The zero-order chi connectivity index (χ0) is 41.4. The van der Waals surface area contributed by atoms with Crippen molar-refractivity contribution >= 4 is 64.2 Å². The van der Waals surface area contributed by atoms with E-state index >= 15 is 0 Å². The van der Waals surface area contributed by atoms with E-state index in [1.165, 1.54) is 54.1 Å². The number of thiophene rings is 1. The van der Waals surface area contributed by atoms with Gasteiger partial charge in [-0.1, -0.05) is 158 Å². The lowest BCUT2D eigenvalue weighted by atomic mass is 9.83. The molecule has 12 aromatic rings. The van der Waals surface area contributed by atoms with Crippen LogP contribution in [-0.4, -0.2) is 15.0 Å². The summed E-state index contributed by atoms with van der Waals surface area (Å²) < 4.78 is 9.38. The lowest BCUT2D eigenvalue weighted by molar-refractivity contribution is 0.668. The van der Waals surface area contributed by atoms with Crippen molar-refractivity contribution in [3.8, 4) is 56.4 Å². The van der Waals surface area contributed by atoms with E-state index in [9.17, 15) is 0 Å². The number of rotatable bonds is 5. The van der Waals surface area contributed by atoms with Crippen LogP contribution in [-0.2, 0) is 6.42 Å². The molecule has 0 bridgehead atoms. The monoisotopic (exact) mass is 823 g/mol. The fourth-order valence-electron chi connectivity index (χ4n) is 10.0. The van der Waals surface area contributed by atoms with E-state index in [1.807, 2.05) is 6.07 Å². The maximum absolute atomic E-state index is 6.98. The molecule has 13 rings (SSSR count). The third-order valence-corrected chi connectivity index (χ3v) is 14.2. The van der Waals surface area contributed by atoms with E-state index in [0.717, 1.165) is 67.3 Å². The first-order chi connectivity index (χ1) is 31.2. The molecule has 0 saturated carbocycles. The Balaban J connectivity index is 1.03. The Labute approximate surface area is 367 Å². The van der Waals surface area contributed by atoms with Gasteiger partial charge in [-0.3, -0.25) is 0 Å². The van der Waals surface area contributed by atoms with Crippen molar-refractivity contribution in [1.29, 1.82) is 0 Å². The zero-order valence-corrected chi connectivity index (χ0v) is 34.9. The largest absolute Gasteiger partial charge is 0.455 e. The minimum Gasteiger partial charge on any atom is -0.455 e. The van der Waals surface area contributed by atoms with Crippen molar-refractivity contribution in [2.75, 3.05) is 0 Å². The molecule has 5 heteroatoms. The average molecular weight is 824 g/mol. The van der Waals surface area contributed by atoms with Crippen LogP contribution >= 0.6 is 11.3 Å². The van der Waals surface area contributed by atoms with Crippen molar-refractivity contribution in [3.05, 3.63) is 211 Å². The van der Waals surface area contributed by atoms with Gasteiger partial charge in [0.15, 0.2) is 17.5 Å².